The molecular formula is C18H18N2O2. The summed E-state index contributed by atoms with van der Waals surface area (Å²) in [5, 5.41) is 9.39. The van der Waals surface area contributed by atoms with Gasteiger partial charge in [-0.2, -0.15) is 4.98 Å². The molecule has 0 amide bonds. The van der Waals surface area contributed by atoms with Crippen molar-refractivity contribution >= 4 is 17.1 Å². The van der Waals surface area contributed by atoms with Crippen LogP contribution in [0.4, 0.5) is 6.01 Å². The molecule has 0 aliphatic carbocycles. The van der Waals surface area contributed by atoms with Crippen LogP contribution in [0.25, 0.3) is 11.1 Å². The fraction of sp³-hybridized carbons (Fsp3) is 0.278. The Morgan fingerprint density at radius 2 is 1.73 bits per heavy atom. The molecule has 0 spiro atoms. The van der Waals surface area contributed by atoms with Gasteiger partial charge in [-0.15, -0.1) is 0 Å². The van der Waals surface area contributed by atoms with Crippen molar-refractivity contribution in [3.63, 3.8) is 0 Å². The summed E-state index contributed by atoms with van der Waals surface area (Å²) in [7, 11) is 0. The van der Waals surface area contributed by atoms with Crippen LogP contribution < -0.4 is 4.90 Å². The Kier molecular flexibility index (Phi) is 3.22. The van der Waals surface area contributed by atoms with Gasteiger partial charge in [0.1, 0.15) is 11.3 Å². The molecule has 22 heavy (non-hydrogen) atoms. The third-order valence-electron chi connectivity index (χ3n) is 4.41. The zero-order valence-corrected chi connectivity index (χ0v) is 12.3. The lowest BCUT2D eigenvalue weighted by atomic mass is 9.89. The highest BCUT2D eigenvalue weighted by Gasteiger charge is 2.23. The van der Waals surface area contributed by atoms with Crippen LogP contribution >= 0.6 is 0 Å². The molecule has 0 unspecified atom stereocenters. The van der Waals surface area contributed by atoms with E-state index in [0.717, 1.165) is 43.0 Å². The molecule has 0 radical (unpaired) electrons. The number of fused-ring (bicyclic) bond motifs is 1. The summed E-state index contributed by atoms with van der Waals surface area (Å²) in [5.74, 6) is 0.869. The molecule has 1 saturated heterocycles. The monoisotopic (exact) mass is 294 g/mol. The Hall–Kier alpha value is -2.49. The molecule has 2 heterocycles. The average molecular weight is 294 g/mol. The maximum atomic E-state index is 9.39. The highest BCUT2D eigenvalue weighted by Crippen LogP contribution is 2.32. The number of hydrogen-bond donors (Lipinski definition) is 1. The first kappa shape index (κ1) is 13.2. The number of benzene rings is 2. The summed E-state index contributed by atoms with van der Waals surface area (Å²) in [6.45, 7) is 1.89. The second-order valence-electron chi connectivity index (χ2n) is 5.82. The van der Waals surface area contributed by atoms with Crippen molar-refractivity contribution in [2.24, 2.45) is 0 Å². The van der Waals surface area contributed by atoms with Crippen molar-refractivity contribution in [3.05, 3.63) is 54.1 Å². The first-order valence-electron chi connectivity index (χ1n) is 7.69. The second-order valence-corrected chi connectivity index (χ2v) is 5.82. The first-order valence-corrected chi connectivity index (χ1v) is 7.69. The van der Waals surface area contributed by atoms with E-state index in [4.69, 9.17) is 4.42 Å². The minimum atomic E-state index is 0.327. The molecule has 0 bridgehead atoms. The van der Waals surface area contributed by atoms with Crippen molar-refractivity contribution < 1.29 is 9.52 Å². The number of aromatic hydroxyl groups is 1. The van der Waals surface area contributed by atoms with Crippen LogP contribution in [-0.2, 0) is 0 Å². The number of oxazole rings is 1. The number of hydrogen-bond acceptors (Lipinski definition) is 4. The summed E-state index contributed by atoms with van der Waals surface area (Å²) in [6, 6.07) is 16.2. The van der Waals surface area contributed by atoms with Crippen LogP contribution in [0.15, 0.2) is 52.9 Å². The van der Waals surface area contributed by atoms with Crippen LogP contribution in [0.2, 0.25) is 0 Å². The lowest BCUT2D eigenvalue weighted by Gasteiger charge is -2.31. The van der Waals surface area contributed by atoms with Gasteiger partial charge in [-0.1, -0.05) is 24.3 Å². The predicted molar refractivity (Wildman–Crippen MR) is 86.3 cm³/mol. The van der Waals surface area contributed by atoms with Crippen molar-refractivity contribution in [1.29, 1.82) is 0 Å². The number of nitrogens with zero attached hydrogens (tertiary/aromatic N) is 2. The van der Waals surface area contributed by atoms with Gasteiger partial charge in [0.15, 0.2) is 5.58 Å². The molecule has 112 valence electrons. The average Bonchev–Trinajstić information content (AvgIpc) is 3.00. The van der Waals surface area contributed by atoms with E-state index in [0.29, 0.717) is 11.7 Å². The Balaban J connectivity index is 1.48. The highest BCUT2D eigenvalue weighted by atomic mass is 16.4. The standard InChI is InChI=1S/C18H18N2O2/c21-15-7-5-13(6-8-15)14-9-11-20(12-10-14)18-19-16-3-1-2-4-17(16)22-18/h1-8,14,21H,9-12H2. The number of anilines is 1. The largest absolute Gasteiger partial charge is 0.508 e. The third kappa shape index (κ3) is 2.41. The number of phenols is 1. The molecule has 0 saturated carbocycles. The molecule has 3 aromatic rings. The lowest BCUT2D eigenvalue weighted by molar-refractivity contribution is 0.463. The van der Waals surface area contributed by atoms with E-state index < -0.39 is 0 Å². The molecular weight excluding hydrogens is 276 g/mol. The summed E-state index contributed by atoms with van der Waals surface area (Å²) >= 11 is 0. The van der Waals surface area contributed by atoms with E-state index in [2.05, 4.69) is 9.88 Å². The first-order chi connectivity index (χ1) is 10.8. The van der Waals surface area contributed by atoms with Gasteiger partial charge in [-0.3, -0.25) is 0 Å². The van der Waals surface area contributed by atoms with Gasteiger partial charge in [0.05, 0.1) is 0 Å². The Morgan fingerprint density at radius 1 is 1.00 bits per heavy atom. The van der Waals surface area contributed by atoms with Gasteiger partial charge in [0, 0.05) is 13.1 Å². The molecule has 4 rings (SSSR count). The van der Waals surface area contributed by atoms with E-state index in [1.54, 1.807) is 12.1 Å². The van der Waals surface area contributed by atoms with Gasteiger partial charge in [-0.25, -0.2) is 0 Å². The molecule has 1 aromatic heterocycles. The number of phenolic OH excluding ortho intramolecular Hbond substituents is 1. The Bertz CT molecular complexity index is 738. The topological polar surface area (TPSA) is 49.5 Å². The fourth-order valence-electron chi connectivity index (χ4n) is 3.15. The van der Waals surface area contributed by atoms with Crippen LogP contribution in [0, 0.1) is 0 Å². The number of piperidine rings is 1. The van der Waals surface area contributed by atoms with Gasteiger partial charge >= 0.3 is 0 Å². The molecule has 2 aromatic carbocycles. The molecule has 1 aliphatic heterocycles. The molecule has 1 N–H and O–H groups in total. The van der Waals surface area contributed by atoms with E-state index >= 15 is 0 Å². The van der Waals surface area contributed by atoms with Crippen molar-refractivity contribution in [1.82, 2.24) is 4.98 Å². The van der Waals surface area contributed by atoms with Gasteiger partial charge in [0.2, 0.25) is 0 Å². The summed E-state index contributed by atoms with van der Waals surface area (Å²) in [6.07, 6.45) is 2.15. The quantitative estimate of drug-likeness (QED) is 0.778. The van der Waals surface area contributed by atoms with Gasteiger partial charge < -0.3 is 14.4 Å². The van der Waals surface area contributed by atoms with Crippen LogP contribution in [0.3, 0.4) is 0 Å². The third-order valence-corrected chi connectivity index (χ3v) is 4.41. The molecule has 1 fully saturated rings. The molecule has 4 heteroatoms. The lowest BCUT2D eigenvalue weighted by Crippen LogP contribution is -2.33. The van der Waals surface area contributed by atoms with Crippen LogP contribution in [0.1, 0.15) is 24.3 Å². The zero-order chi connectivity index (χ0) is 14.9. The normalized spacial score (nSPS) is 16.3. The van der Waals surface area contributed by atoms with Gasteiger partial charge in [-0.05, 0) is 48.6 Å². The van der Waals surface area contributed by atoms with Gasteiger partial charge in [0.25, 0.3) is 6.01 Å². The maximum Gasteiger partial charge on any atom is 0.298 e. The molecule has 0 atom stereocenters. The summed E-state index contributed by atoms with van der Waals surface area (Å²) < 4.78 is 5.85. The van der Waals surface area contributed by atoms with Crippen molar-refractivity contribution in [2.45, 2.75) is 18.8 Å². The predicted octanol–water partition coefficient (Wildman–Crippen LogP) is 3.92. The SMILES string of the molecule is Oc1ccc(C2CCN(c3nc4ccccc4o3)CC2)cc1. The minimum Gasteiger partial charge on any atom is -0.508 e. The van der Waals surface area contributed by atoms with Crippen molar-refractivity contribution in [2.75, 3.05) is 18.0 Å². The van der Waals surface area contributed by atoms with E-state index in [9.17, 15) is 5.11 Å². The Morgan fingerprint density at radius 3 is 2.45 bits per heavy atom. The van der Waals surface area contributed by atoms with Crippen molar-refractivity contribution in [3.8, 4) is 5.75 Å². The number of rotatable bonds is 2. The van der Waals surface area contributed by atoms with Crippen LogP contribution in [0.5, 0.6) is 5.75 Å². The zero-order valence-electron chi connectivity index (χ0n) is 12.3. The Labute approximate surface area is 129 Å². The van der Waals surface area contributed by atoms with E-state index in [-0.39, 0.29) is 0 Å². The summed E-state index contributed by atoms with van der Waals surface area (Å²) in [5.41, 5.74) is 3.06. The minimum absolute atomic E-state index is 0.327. The van der Waals surface area contributed by atoms with E-state index in [1.807, 2.05) is 36.4 Å². The number of para-hydroxylation sites is 2. The highest BCUT2D eigenvalue weighted by molar-refractivity contribution is 5.74. The van der Waals surface area contributed by atoms with E-state index in [1.165, 1.54) is 5.56 Å². The molecule has 1 aliphatic rings. The smallest absolute Gasteiger partial charge is 0.298 e. The maximum absolute atomic E-state index is 9.39. The van der Waals surface area contributed by atoms with Crippen LogP contribution in [-0.4, -0.2) is 23.2 Å². The summed E-state index contributed by atoms with van der Waals surface area (Å²) in [4.78, 5) is 6.79. The fourth-order valence-corrected chi connectivity index (χ4v) is 3.15. The number of aromatic nitrogens is 1. The second kappa shape index (κ2) is 5.37. The molecule has 4 nitrogen and oxygen atoms in total.